The van der Waals surface area contributed by atoms with Crippen LogP contribution in [-0.4, -0.2) is 17.1 Å². The van der Waals surface area contributed by atoms with Gasteiger partial charge in [-0.1, -0.05) is 62.0 Å². The molecule has 0 heterocycles. The van der Waals surface area contributed by atoms with E-state index in [1.54, 1.807) is 0 Å². The lowest BCUT2D eigenvalue weighted by Crippen LogP contribution is -2.45. The first kappa shape index (κ1) is 18.4. The predicted molar refractivity (Wildman–Crippen MR) is 103 cm³/mol. The summed E-state index contributed by atoms with van der Waals surface area (Å²) in [5.41, 5.74) is 1.82. The average Bonchev–Trinajstić information content (AvgIpc) is 2.46. The Morgan fingerprint density at radius 2 is 1.87 bits per heavy atom. The highest BCUT2D eigenvalue weighted by Crippen LogP contribution is 2.30. The van der Waals surface area contributed by atoms with Crippen molar-refractivity contribution in [3.63, 3.8) is 0 Å². The molecule has 2 N–H and O–H groups in total. The van der Waals surface area contributed by atoms with Crippen LogP contribution in [0.2, 0.25) is 0 Å². The van der Waals surface area contributed by atoms with Gasteiger partial charge in [0.05, 0.1) is 0 Å². The lowest BCUT2D eigenvalue weighted by atomic mass is 9.86. The quantitative estimate of drug-likeness (QED) is 0.712. The van der Waals surface area contributed by atoms with Gasteiger partial charge in [-0.05, 0) is 48.2 Å². The van der Waals surface area contributed by atoms with E-state index in [1.165, 1.54) is 24.8 Å². The van der Waals surface area contributed by atoms with Crippen molar-refractivity contribution >= 4 is 39.2 Å². The van der Waals surface area contributed by atoms with Crippen LogP contribution in [0, 0.1) is 0 Å². The van der Waals surface area contributed by atoms with Crippen LogP contribution < -0.4 is 10.6 Å². The van der Waals surface area contributed by atoms with Gasteiger partial charge in [-0.3, -0.25) is 10.1 Å². The van der Waals surface area contributed by atoms with Crippen LogP contribution in [-0.2, 0) is 5.41 Å². The maximum Gasteiger partial charge on any atom is 0.257 e. The first-order valence-electron chi connectivity index (χ1n) is 8.19. The molecule has 1 saturated carbocycles. The molecule has 0 bridgehead atoms. The molecule has 0 aliphatic heterocycles. The molecule has 1 fully saturated rings. The summed E-state index contributed by atoms with van der Waals surface area (Å²) in [5, 5.41) is 6.48. The van der Waals surface area contributed by atoms with Crippen LogP contribution >= 0.6 is 28.1 Å². The van der Waals surface area contributed by atoms with Gasteiger partial charge < -0.3 is 5.32 Å². The minimum Gasteiger partial charge on any atom is -0.360 e. The smallest absolute Gasteiger partial charge is 0.257 e. The van der Waals surface area contributed by atoms with E-state index >= 15 is 0 Å². The number of benzene rings is 1. The van der Waals surface area contributed by atoms with Crippen molar-refractivity contribution < 1.29 is 4.79 Å². The molecule has 1 aliphatic carbocycles. The fourth-order valence-electron chi connectivity index (χ4n) is 2.91. The normalized spacial score (nSPS) is 16.0. The van der Waals surface area contributed by atoms with Crippen LogP contribution in [0.1, 0.15) is 68.8 Å². The number of nitrogens with one attached hydrogen (secondary N) is 2. The van der Waals surface area contributed by atoms with Gasteiger partial charge >= 0.3 is 0 Å². The van der Waals surface area contributed by atoms with Gasteiger partial charge in [-0.25, -0.2) is 0 Å². The van der Waals surface area contributed by atoms with Gasteiger partial charge in [-0.15, -0.1) is 0 Å². The Morgan fingerprint density at radius 1 is 1.22 bits per heavy atom. The van der Waals surface area contributed by atoms with Crippen molar-refractivity contribution in [1.29, 1.82) is 0 Å². The number of carbonyl (C=O) groups excluding carboxylic acids is 1. The molecule has 23 heavy (non-hydrogen) atoms. The maximum atomic E-state index is 12.4. The fourth-order valence-corrected chi connectivity index (χ4v) is 4.14. The van der Waals surface area contributed by atoms with Crippen LogP contribution in [0.15, 0.2) is 22.7 Å². The summed E-state index contributed by atoms with van der Waals surface area (Å²) in [6.07, 6.45) is 6.01. The minimum absolute atomic E-state index is 0.0334. The number of hydrogen-bond donors (Lipinski definition) is 2. The number of halogens is 1. The largest absolute Gasteiger partial charge is 0.360 e. The molecule has 3 nitrogen and oxygen atoms in total. The third kappa shape index (κ3) is 5.28. The third-order valence-electron chi connectivity index (χ3n) is 4.21. The molecule has 0 spiro atoms. The number of amides is 1. The van der Waals surface area contributed by atoms with Crippen molar-refractivity contribution in [3.8, 4) is 0 Å². The van der Waals surface area contributed by atoms with E-state index < -0.39 is 0 Å². The highest BCUT2D eigenvalue weighted by molar-refractivity contribution is 9.10. The average molecular weight is 397 g/mol. The Kier molecular flexibility index (Phi) is 6.20. The van der Waals surface area contributed by atoms with Crippen LogP contribution in [0.5, 0.6) is 0 Å². The molecular formula is C18H25BrN2OS. The molecule has 0 unspecified atom stereocenters. The first-order valence-corrected chi connectivity index (χ1v) is 9.39. The van der Waals surface area contributed by atoms with Gasteiger partial charge in [-0.2, -0.15) is 0 Å². The van der Waals surface area contributed by atoms with Crippen molar-refractivity contribution in [3.05, 3.63) is 33.8 Å². The molecule has 0 saturated heterocycles. The predicted octanol–water partition coefficient (Wildman–Crippen LogP) is 4.68. The molecule has 1 amide bonds. The lowest BCUT2D eigenvalue weighted by molar-refractivity contribution is 0.0976. The summed E-state index contributed by atoms with van der Waals surface area (Å²) < 4.78 is 0.948. The van der Waals surface area contributed by atoms with E-state index in [0.717, 1.165) is 17.3 Å². The Labute approximate surface area is 152 Å². The van der Waals surface area contributed by atoms with E-state index in [4.69, 9.17) is 12.2 Å². The summed E-state index contributed by atoms with van der Waals surface area (Å²) in [6, 6.07) is 6.10. The summed E-state index contributed by atoms with van der Waals surface area (Å²) in [6.45, 7) is 6.45. The van der Waals surface area contributed by atoms with Gasteiger partial charge in [0.2, 0.25) is 0 Å². The monoisotopic (exact) mass is 396 g/mol. The van der Waals surface area contributed by atoms with E-state index in [-0.39, 0.29) is 11.3 Å². The van der Waals surface area contributed by atoms with Crippen molar-refractivity contribution in [1.82, 2.24) is 10.6 Å². The minimum atomic E-state index is -0.167. The van der Waals surface area contributed by atoms with E-state index in [2.05, 4.69) is 47.3 Å². The van der Waals surface area contributed by atoms with Crippen LogP contribution in [0.25, 0.3) is 0 Å². The van der Waals surface area contributed by atoms with Crippen molar-refractivity contribution in [2.45, 2.75) is 64.3 Å². The van der Waals surface area contributed by atoms with Gasteiger partial charge in [0, 0.05) is 16.1 Å². The third-order valence-corrected chi connectivity index (χ3v) is 5.08. The number of rotatable bonds is 2. The SMILES string of the molecule is CC(C)(C)c1ccc(C(=O)NC(=S)NC2CCCCC2)cc1Br. The molecule has 0 radical (unpaired) electrons. The zero-order chi connectivity index (χ0) is 17.0. The Hall–Kier alpha value is -0.940. The maximum absolute atomic E-state index is 12.4. The van der Waals surface area contributed by atoms with E-state index in [0.29, 0.717) is 16.7 Å². The molecule has 0 atom stereocenters. The molecule has 2 rings (SSSR count). The molecule has 1 aromatic rings. The Bertz CT molecular complexity index is 589. The Balaban J connectivity index is 1.97. The standard InChI is InChI=1S/C18H25BrN2OS/c1-18(2,3)14-10-9-12(11-15(14)19)16(22)21-17(23)20-13-7-5-4-6-8-13/h9-11,13H,4-8H2,1-3H3,(H2,20,21,22,23). The van der Waals surface area contributed by atoms with Gasteiger partial charge in [0.25, 0.3) is 5.91 Å². The molecule has 126 valence electrons. The van der Waals surface area contributed by atoms with Crippen molar-refractivity contribution in [2.75, 3.05) is 0 Å². The number of hydrogen-bond acceptors (Lipinski definition) is 2. The summed E-state index contributed by atoms with van der Waals surface area (Å²) in [4.78, 5) is 12.4. The van der Waals surface area contributed by atoms with E-state index in [9.17, 15) is 4.79 Å². The summed E-state index contributed by atoms with van der Waals surface area (Å²) >= 11 is 8.84. The second kappa shape index (κ2) is 7.75. The molecule has 1 aliphatic rings. The number of carbonyl (C=O) groups is 1. The fraction of sp³-hybridized carbons (Fsp3) is 0.556. The second-order valence-corrected chi connectivity index (χ2v) is 8.47. The van der Waals surface area contributed by atoms with Gasteiger partial charge in [0.1, 0.15) is 0 Å². The molecule has 0 aromatic heterocycles. The van der Waals surface area contributed by atoms with Crippen LogP contribution in [0.3, 0.4) is 0 Å². The molecule has 1 aromatic carbocycles. The second-order valence-electron chi connectivity index (χ2n) is 7.21. The first-order chi connectivity index (χ1) is 10.8. The van der Waals surface area contributed by atoms with Crippen LogP contribution in [0.4, 0.5) is 0 Å². The highest BCUT2D eigenvalue weighted by Gasteiger charge is 2.19. The summed E-state index contributed by atoms with van der Waals surface area (Å²) in [5.74, 6) is -0.167. The summed E-state index contributed by atoms with van der Waals surface area (Å²) in [7, 11) is 0. The van der Waals surface area contributed by atoms with Gasteiger partial charge in [0.15, 0.2) is 5.11 Å². The lowest BCUT2D eigenvalue weighted by Gasteiger charge is -2.24. The number of thiocarbonyl (C=S) groups is 1. The Morgan fingerprint density at radius 3 is 2.43 bits per heavy atom. The molecule has 5 heteroatoms. The van der Waals surface area contributed by atoms with Crippen molar-refractivity contribution in [2.24, 2.45) is 0 Å². The molecular weight excluding hydrogens is 372 g/mol. The zero-order valence-electron chi connectivity index (χ0n) is 14.0. The highest BCUT2D eigenvalue weighted by atomic mass is 79.9. The topological polar surface area (TPSA) is 41.1 Å². The zero-order valence-corrected chi connectivity index (χ0v) is 16.4. The van der Waals surface area contributed by atoms with E-state index in [1.807, 2.05) is 18.2 Å².